The van der Waals surface area contributed by atoms with Crippen LogP contribution in [0.1, 0.15) is 28.3 Å². The summed E-state index contributed by atoms with van der Waals surface area (Å²) in [5, 5.41) is 11.2. The van der Waals surface area contributed by atoms with Crippen molar-refractivity contribution in [3.63, 3.8) is 0 Å². The van der Waals surface area contributed by atoms with Crippen LogP contribution in [-0.4, -0.2) is 28.8 Å². The molecule has 5 nitrogen and oxygen atoms in total. The molecule has 162 valence electrons. The third kappa shape index (κ3) is 3.87. The van der Waals surface area contributed by atoms with E-state index in [9.17, 15) is 19.1 Å². The summed E-state index contributed by atoms with van der Waals surface area (Å²) in [6, 6.07) is 19.2. The van der Waals surface area contributed by atoms with E-state index in [1.807, 2.05) is 31.2 Å². The molecular weight excluding hydrogens is 409 g/mol. The van der Waals surface area contributed by atoms with E-state index in [1.54, 1.807) is 36.4 Å². The SMILES string of the molecule is COc1ccccc1/C(O)=C1/C(=O)C(=O)N(Cc2ccc(F)cc2)C1c1cccc(C)c1. The van der Waals surface area contributed by atoms with Gasteiger partial charge in [0, 0.05) is 6.54 Å². The number of carbonyl (C=O) groups excluding carboxylic acids is 2. The van der Waals surface area contributed by atoms with Crippen LogP contribution in [0.4, 0.5) is 4.39 Å². The lowest BCUT2D eigenvalue weighted by Gasteiger charge is -2.26. The van der Waals surface area contributed by atoms with E-state index in [0.29, 0.717) is 22.4 Å². The molecule has 1 fully saturated rings. The number of carbonyl (C=O) groups is 2. The van der Waals surface area contributed by atoms with Gasteiger partial charge in [0.2, 0.25) is 0 Å². The molecule has 6 heteroatoms. The highest BCUT2D eigenvalue weighted by Crippen LogP contribution is 2.41. The molecule has 1 amide bonds. The van der Waals surface area contributed by atoms with Crippen LogP contribution in [0.2, 0.25) is 0 Å². The van der Waals surface area contributed by atoms with Crippen LogP contribution in [0.3, 0.4) is 0 Å². The molecule has 0 spiro atoms. The fourth-order valence-electron chi connectivity index (χ4n) is 4.00. The molecule has 4 rings (SSSR count). The number of aliphatic hydroxyl groups excluding tert-OH is 1. The average molecular weight is 431 g/mol. The summed E-state index contributed by atoms with van der Waals surface area (Å²) in [6.07, 6.45) is 0. The van der Waals surface area contributed by atoms with Crippen molar-refractivity contribution in [3.8, 4) is 5.75 Å². The molecule has 1 saturated heterocycles. The van der Waals surface area contributed by atoms with Crippen LogP contribution >= 0.6 is 0 Å². The number of ketones is 1. The fraction of sp³-hybridized carbons (Fsp3) is 0.154. The molecule has 1 unspecified atom stereocenters. The standard InChI is InChI=1S/C26H22FNO4/c1-16-6-5-7-18(14-16)23-22(24(29)20-8-3-4-9-21(20)32-2)25(30)26(31)28(23)15-17-10-12-19(27)13-11-17/h3-14,23,29H,15H2,1-2H3/b24-22-. The first-order valence-corrected chi connectivity index (χ1v) is 10.1. The molecule has 3 aromatic rings. The lowest BCUT2D eigenvalue weighted by Crippen LogP contribution is -2.29. The minimum Gasteiger partial charge on any atom is -0.507 e. The van der Waals surface area contributed by atoms with E-state index in [1.165, 1.54) is 24.1 Å². The van der Waals surface area contributed by atoms with E-state index in [0.717, 1.165) is 5.56 Å². The number of methoxy groups -OCH3 is 1. The highest BCUT2D eigenvalue weighted by atomic mass is 19.1. The van der Waals surface area contributed by atoms with Crippen molar-refractivity contribution in [1.29, 1.82) is 0 Å². The zero-order valence-corrected chi connectivity index (χ0v) is 17.7. The Hall–Kier alpha value is -3.93. The summed E-state index contributed by atoms with van der Waals surface area (Å²) < 4.78 is 18.7. The van der Waals surface area contributed by atoms with Gasteiger partial charge in [-0.3, -0.25) is 9.59 Å². The molecule has 0 aliphatic carbocycles. The first kappa shape index (κ1) is 21.3. The van der Waals surface area contributed by atoms with Crippen LogP contribution < -0.4 is 4.74 Å². The van der Waals surface area contributed by atoms with Crippen molar-refractivity contribution in [1.82, 2.24) is 4.90 Å². The van der Waals surface area contributed by atoms with Crippen molar-refractivity contribution in [3.05, 3.63) is 106 Å². The number of para-hydroxylation sites is 1. The molecular formula is C26H22FNO4. The number of ether oxygens (including phenoxy) is 1. The van der Waals surface area contributed by atoms with Gasteiger partial charge in [0.25, 0.3) is 11.7 Å². The quantitative estimate of drug-likeness (QED) is 0.359. The van der Waals surface area contributed by atoms with Crippen LogP contribution in [-0.2, 0) is 16.1 Å². The Labute approximate surface area is 185 Å². The predicted molar refractivity (Wildman–Crippen MR) is 118 cm³/mol. The Balaban J connectivity index is 1.89. The number of rotatable bonds is 5. The second kappa shape index (κ2) is 8.67. The molecule has 0 radical (unpaired) electrons. The summed E-state index contributed by atoms with van der Waals surface area (Å²) in [7, 11) is 1.47. The van der Waals surface area contributed by atoms with Gasteiger partial charge < -0.3 is 14.7 Å². The van der Waals surface area contributed by atoms with Crippen molar-refractivity contribution >= 4 is 17.4 Å². The number of Topliss-reactive ketones (excluding diaryl/α,β-unsaturated/α-hetero) is 1. The first-order valence-electron chi connectivity index (χ1n) is 10.1. The Kier molecular flexibility index (Phi) is 5.77. The van der Waals surface area contributed by atoms with Gasteiger partial charge in [0.05, 0.1) is 24.3 Å². The number of nitrogens with zero attached hydrogens (tertiary/aromatic N) is 1. The molecule has 1 aliphatic rings. The third-order valence-corrected chi connectivity index (χ3v) is 5.53. The zero-order valence-electron chi connectivity index (χ0n) is 17.7. The first-order chi connectivity index (χ1) is 15.4. The van der Waals surface area contributed by atoms with Crippen LogP contribution in [0.25, 0.3) is 5.76 Å². The van der Waals surface area contributed by atoms with Gasteiger partial charge in [0.1, 0.15) is 17.3 Å². The molecule has 1 heterocycles. The largest absolute Gasteiger partial charge is 0.507 e. The number of amides is 1. The maximum atomic E-state index is 13.4. The molecule has 1 atom stereocenters. The number of halogens is 1. The van der Waals surface area contributed by atoms with Crippen molar-refractivity contribution in [2.24, 2.45) is 0 Å². The van der Waals surface area contributed by atoms with Gasteiger partial charge in [-0.05, 0) is 42.3 Å². The number of aliphatic hydroxyl groups is 1. The van der Waals surface area contributed by atoms with Gasteiger partial charge in [-0.15, -0.1) is 0 Å². The number of likely N-dealkylation sites (tertiary alicyclic amines) is 1. The van der Waals surface area contributed by atoms with E-state index in [2.05, 4.69) is 0 Å². The third-order valence-electron chi connectivity index (χ3n) is 5.53. The Bertz CT molecular complexity index is 1220. The van der Waals surface area contributed by atoms with Gasteiger partial charge in [-0.1, -0.05) is 54.1 Å². The van der Waals surface area contributed by atoms with Crippen LogP contribution in [0, 0.1) is 12.7 Å². The predicted octanol–water partition coefficient (Wildman–Crippen LogP) is 4.76. The zero-order chi connectivity index (χ0) is 22.8. The molecule has 0 bridgehead atoms. The van der Waals surface area contributed by atoms with Gasteiger partial charge >= 0.3 is 0 Å². The normalized spacial score (nSPS) is 17.6. The van der Waals surface area contributed by atoms with Gasteiger partial charge in [-0.2, -0.15) is 0 Å². The van der Waals surface area contributed by atoms with Crippen molar-refractivity contribution < 1.29 is 23.8 Å². The highest BCUT2D eigenvalue weighted by molar-refractivity contribution is 6.46. The molecule has 3 aromatic carbocycles. The molecule has 1 aliphatic heterocycles. The number of hydrogen-bond donors (Lipinski definition) is 1. The lowest BCUT2D eigenvalue weighted by atomic mass is 9.94. The van der Waals surface area contributed by atoms with Gasteiger partial charge in [-0.25, -0.2) is 4.39 Å². The van der Waals surface area contributed by atoms with Gasteiger partial charge in [0.15, 0.2) is 0 Å². The monoisotopic (exact) mass is 431 g/mol. The number of benzene rings is 3. The topological polar surface area (TPSA) is 66.8 Å². The van der Waals surface area contributed by atoms with Crippen molar-refractivity contribution in [2.75, 3.05) is 7.11 Å². The van der Waals surface area contributed by atoms with Crippen molar-refractivity contribution in [2.45, 2.75) is 19.5 Å². The number of hydrogen-bond acceptors (Lipinski definition) is 4. The Morgan fingerprint density at radius 2 is 1.75 bits per heavy atom. The van der Waals surface area contributed by atoms with E-state index in [-0.39, 0.29) is 23.7 Å². The van der Waals surface area contributed by atoms with Crippen LogP contribution in [0.15, 0.2) is 78.4 Å². The molecule has 0 saturated carbocycles. The number of aryl methyl sites for hydroxylation is 1. The Morgan fingerprint density at radius 3 is 2.44 bits per heavy atom. The molecule has 32 heavy (non-hydrogen) atoms. The summed E-state index contributed by atoms with van der Waals surface area (Å²) >= 11 is 0. The molecule has 1 N–H and O–H groups in total. The summed E-state index contributed by atoms with van der Waals surface area (Å²) in [4.78, 5) is 27.6. The second-order valence-corrected chi connectivity index (χ2v) is 7.67. The van der Waals surface area contributed by atoms with E-state index in [4.69, 9.17) is 4.74 Å². The maximum Gasteiger partial charge on any atom is 0.295 e. The summed E-state index contributed by atoms with van der Waals surface area (Å²) in [5.41, 5.74) is 2.64. The van der Waals surface area contributed by atoms with E-state index >= 15 is 0 Å². The second-order valence-electron chi connectivity index (χ2n) is 7.67. The Morgan fingerprint density at radius 1 is 1.03 bits per heavy atom. The molecule has 0 aromatic heterocycles. The fourth-order valence-corrected chi connectivity index (χ4v) is 4.00. The minimum atomic E-state index is -0.801. The summed E-state index contributed by atoms with van der Waals surface area (Å²) in [6.45, 7) is 2.00. The highest BCUT2D eigenvalue weighted by Gasteiger charge is 2.46. The lowest BCUT2D eigenvalue weighted by molar-refractivity contribution is -0.140. The smallest absolute Gasteiger partial charge is 0.295 e. The average Bonchev–Trinajstić information content (AvgIpc) is 3.05. The maximum absolute atomic E-state index is 13.4. The van der Waals surface area contributed by atoms with E-state index < -0.39 is 17.7 Å². The summed E-state index contributed by atoms with van der Waals surface area (Å²) in [5.74, 6) is -1.80. The minimum absolute atomic E-state index is 0.00721. The van der Waals surface area contributed by atoms with Crippen LogP contribution in [0.5, 0.6) is 5.75 Å².